The van der Waals surface area contributed by atoms with Crippen LogP contribution in [0.3, 0.4) is 0 Å². The van der Waals surface area contributed by atoms with E-state index in [1.165, 1.54) is 17.7 Å². The highest BCUT2D eigenvalue weighted by atomic mass is 19.1. The Morgan fingerprint density at radius 3 is 2.71 bits per heavy atom. The molecule has 2 N–H and O–H groups in total. The predicted octanol–water partition coefficient (Wildman–Crippen LogP) is 4.10. The van der Waals surface area contributed by atoms with E-state index in [-0.39, 0.29) is 24.9 Å². The number of pyridine rings is 1. The van der Waals surface area contributed by atoms with E-state index in [0.717, 1.165) is 5.57 Å². The Kier molecular flexibility index (Phi) is 8.09. The van der Waals surface area contributed by atoms with Gasteiger partial charge in [-0.25, -0.2) is 4.39 Å². The molecule has 1 aliphatic heterocycles. The van der Waals surface area contributed by atoms with E-state index in [2.05, 4.69) is 10.3 Å². The number of allylic oxidation sites excluding steroid dienone is 5. The van der Waals surface area contributed by atoms with Crippen molar-refractivity contribution in [3.05, 3.63) is 57.1 Å². The lowest BCUT2D eigenvalue weighted by molar-refractivity contribution is -0.142. The van der Waals surface area contributed by atoms with Crippen molar-refractivity contribution in [2.75, 3.05) is 7.05 Å². The first-order valence-corrected chi connectivity index (χ1v) is 11.8. The lowest BCUT2D eigenvalue weighted by atomic mass is 9.94. The average molecular weight is 486 g/mol. The summed E-state index contributed by atoms with van der Waals surface area (Å²) in [5.41, 5.74) is 0.491. The van der Waals surface area contributed by atoms with Gasteiger partial charge in [-0.05, 0) is 43.4 Å². The lowest BCUT2D eigenvalue weighted by Gasteiger charge is -2.38. The number of rotatable bonds is 8. The Bertz CT molecular complexity index is 1190. The standard InChI is InChI=1S/C26H32FN3O5/c1-5-13-29-22-18(6-2)21(24(33)28-4)25(34)30-15-26(3,14-20(31)32)35-19(23(22)30)12-9-16-7-10-17(27)11-8-16/h7-8,10,12-13,17H,5-6,9,11,14-15H2,1-4H3,(H,28,33)(H,31,32)/b19-12-,29-13?. The molecule has 3 rings (SSSR count). The van der Waals surface area contributed by atoms with E-state index in [1.807, 2.05) is 13.8 Å². The Morgan fingerprint density at radius 1 is 1.40 bits per heavy atom. The van der Waals surface area contributed by atoms with Crippen LogP contribution in [0.1, 0.15) is 68.1 Å². The van der Waals surface area contributed by atoms with Crippen LogP contribution in [-0.4, -0.2) is 46.6 Å². The number of fused-ring (bicyclic) bond motifs is 1. The second-order valence-electron chi connectivity index (χ2n) is 8.88. The number of carbonyl (C=O) groups is 2. The van der Waals surface area contributed by atoms with E-state index in [4.69, 9.17) is 4.74 Å². The molecule has 188 valence electrons. The third-order valence-electron chi connectivity index (χ3n) is 6.01. The summed E-state index contributed by atoms with van der Waals surface area (Å²) in [6.45, 7) is 5.34. The zero-order valence-electron chi connectivity index (χ0n) is 20.6. The first-order chi connectivity index (χ1) is 16.6. The molecule has 0 fully saturated rings. The summed E-state index contributed by atoms with van der Waals surface area (Å²) < 4.78 is 21.1. The smallest absolute Gasteiger partial charge is 0.307 e. The third-order valence-corrected chi connectivity index (χ3v) is 6.01. The fraction of sp³-hybridized carbons (Fsp3) is 0.462. The molecule has 0 bridgehead atoms. The number of aliphatic imine (C=N–C) groups is 1. The molecule has 9 heteroatoms. The van der Waals surface area contributed by atoms with Gasteiger partial charge in [0.05, 0.1) is 18.7 Å². The van der Waals surface area contributed by atoms with Gasteiger partial charge in [0.2, 0.25) is 0 Å². The Balaban J connectivity index is 2.29. The van der Waals surface area contributed by atoms with Gasteiger partial charge in [-0.15, -0.1) is 0 Å². The molecule has 0 aromatic carbocycles. The largest absolute Gasteiger partial charge is 0.483 e. The predicted molar refractivity (Wildman–Crippen MR) is 133 cm³/mol. The van der Waals surface area contributed by atoms with Crippen molar-refractivity contribution in [1.29, 1.82) is 0 Å². The van der Waals surface area contributed by atoms with Gasteiger partial charge in [0.15, 0.2) is 0 Å². The molecule has 0 radical (unpaired) electrons. The third kappa shape index (κ3) is 5.61. The fourth-order valence-corrected chi connectivity index (χ4v) is 4.41. The van der Waals surface area contributed by atoms with Crippen LogP contribution in [0.4, 0.5) is 10.1 Å². The Labute approximate surface area is 203 Å². The molecule has 2 aliphatic rings. The number of hydrogen-bond acceptors (Lipinski definition) is 5. The number of ether oxygens (including phenoxy) is 1. The number of carboxylic acids is 1. The number of carboxylic acid groups (broad SMARTS) is 1. The Morgan fingerprint density at radius 2 is 2.14 bits per heavy atom. The normalized spacial score (nSPS) is 22.6. The van der Waals surface area contributed by atoms with Gasteiger partial charge in [-0.3, -0.25) is 23.9 Å². The molecule has 0 spiro atoms. The van der Waals surface area contributed by atoms with Crippen molar-refractivity contribution in [2.24, 2.45) is 4.99 Å². The summed E-state index contributed by atoms with van der Waals surface area (Å²) in [6, 6.07) is 0. The van der Waals surface area contributed by atoms with Gasteiger partial charge in [0.1, 0.15) is 28.8 Å². The van der Waals surface area contributed by atoms with Gasteiger partial charge in [-0.2, -0.15) is 0 Å². The van der Waals surface area contributed by atoms with E-state index < -0.39 is 29.2 Å². The highest BCUT2D eigenvalue weighted by Gasteiger charge is 2.40. The Hall–Kier alpha value is -3.49. The van der Waals surface area contributed by atoms with Crippen molar-refractivity contribution in [3.8, 4) is 0 Å². The molecule has 2 unspecified atom stereocenters. The second-order valence-corrected chi connectivity index (χ2v) is 8.88. The fourth-order valence-electron chi connectivity index (χ4n) is 4.41. The van der Waals surface area contributed by atoms with E-state index in [1.54, 1.807) is 31.4 Å². The van der Waals surface area contributed by atoms with Gasteiger partial charge < -0.3 is 15.2 Å². The molecule has 0 saturated heterocycles. The maximum atomic E-state index is 13.6. The topological polar surface area (TPSA) is 110 Å². The molecule has 2 atom stereocenters. The summed E-state index contributed by atoms with van der Waals surface area (Å²) in [7, 11) is 1.46. The molecule has 1 aromatic heterocycles. The number of alkyl halides is 1. The van der Waals surface area contributed by atoms with Crippen molar-refractivity contribution < 1.29 is 23.8 Å². The molecule has 0 saturated carbocycles. The van der Waals surface area contributed by atoms with E-state index in [0.29, 0.717) is 42.0 Å². The summed E-state index contributed by atoms with van der Waals surface area (Å²) in [5, 5.41) is 12.0. The van der Waals surface area contributed by atoms with Gasteiger partial charge >= 0.3 is 5.97 Å². The van der Waals surface area contributed by atoms with Crippen LogP contribution in [-0.2, 0) is 22.5 Å². The van der Waals surface area contributed by atoms with Crippen LogP contribution >= 0.6 is 0 Å². The molecule has 1 aromatic rings. The monoisotopic (exact) mass is 485 g/mol. The molecule has 8 nitrogen and oxygen atoms in total. The van der Waals surface area contributed by atoms with Crippen LogP contribution in [0.25, 0.3) is 5.76 Å². The highest BCUT2D eigenvalue weighted by molar-refractivity contribution is 5.97. The van der Waals surface area contributed by atoms with Crippen LogP contribution in [0, 0.1) is 0 Å². The molecule has 1 aliphatic carbocycles. The summed E-state index contributed by atoms with van der Waals surface area (Å²) >= 11 is 0. The number of nitrogens with zero attached hydrogens (tertiary/aromatic N) is 2. The number of nitrogens with one attached hydrogen (secondary N) is 1. The maximum absolute atomic E-state index is 13.6. The van der Waals surface area contributed by atoms with Crippen LogP contribution in [0.2, 0.25) is 0 Å². The van der Waals surface area contributed by atoms with Crippen LogP contribution < -0.4 is 10.9 Å². The molecule has 2 heterocycles. The second kappa shape index (κ2) is 10.8. The first kappa shape index (κ1) is 26.1. The number of hydrogen-bond donors (Lipinski definition) is 2. The number of amides is 1. The number of halogens is 1. The molecular formula is C26H32FN3O5. The van der Waals surface area contributed by atoms with E-state index >= 15 is 0 Å². The minimum absolute atomic E-state index is 0.00663. The molecule has 35 heavy (non-hydrogen) atoms. The van der Waals surface area contributed by atoms with Crippen LogP contribution in [0.5, 0.6) is 0 Å². The van der Waals surface area contributed by atoms with Gasteiger partial charge in [0, 0.05) is 19.7 Å². The number of carbonyl (C=O) groups excluding carboxylic acids is 1. The van der Waals surface area contributed by atoms with Crippen molar-refractivity contribution >= 4 is 29.5 Å². The summed E-state index contributed by atoms with van der Waals surface area (Å²) in [4.78, 5) is 42.6. The number of aliphatic carboxylic acids is 1. The minimum Gasteiger partial charge on any atom is -0.483 e. The SMILES string of the molecule is CCC=Nc1c(CC)c(C(=O)NC)c(=O)n2c1/C(=C/CC1=CCC(F)C=C1)OC(C)(CC(=O)O)C2. The van der Waals surface area contributed by atoms with Crippen molar-refractivity contribution in [1.82, 2.24) is 9.88 Å². The minimum atomic E-state index is -1.23. The zero-order chi connectivity index (χ0) is 25.8. The maximum Gasteiger partial charge on any atom is 0.307 e. The highest BCUT2D eigenvalue weighted by Crippen LogP contribution is 2.40. The average Bonchev–Trinajstić information content (AvgIpc) is 2.81. The molecular weight excluding hydrogens is 453 g/mol. The number of aromatic nitrogens is 1. The molecule has 1 amide bonds. The van der Waals surface area contributed by atoms with Crippen LogP contribution in [0.15, 0.2) is 39.7 Å². The van der Waals surface area contributed by atoms with Gasteiger partial charge in [0.25, 0.3) is 11.5 Å². The first-order valence-electron chi connectivity index (χ1n) is 11.8. The van der Waals surface area contributed by atoms with Crippen molar-refractivity contribution in [2.45, 2.75) is 71.2 Å². The van der Waals surface area contributed by atoms with Crippen molar-refractivity contribution in [3.63, 3.8) is 0 Å². The lowest BCUT2D eigenvalue weighted by Crippen LogP contribution is -2.46. The zero-order valence-corrected chi connectivity index (χ0v) is 20.6. The van der Waals surface area contributed by atoms with Gasteiger partial charge in [-0.1, -0.05) is 32.1 Å². The van der Waals surface area contributed by atoms with E-state index in [9.17, 15) is 23.9 Å². The quantitative estimate of drug-likeness (QED) is 0.539. The summed E-state index contributed by atoms with van der Waals surface area (Å²) in [6.07, 6.45) is 8.80. The summed E-state index contributed by atoms with van der Waals surface area (Å²) in [5.74, 6) is -1.28.